The lowest BCUT2D eigenvalue weighted by atomic mass is 10.1. The monoisotopic (exact) mass is 215 g/mol. The first kappa shape index (κ1) is 10.7. The van der Waals surface area contributed by atoms with Crippen LogP contribution in [0.2, 0.25) is 0 Å². The molecule has 1 atom stereocenters. The smallest absolute Gasteiger partial charge is 0.166 e. The lowest BCUT2D eigenvalue weighted by Crippen LogP contribution is -2.07. The van der Waals surface area contributed by atoms with Crippen LogP contribution in [0.1, 0.15) is 30.8 Å². The van der Waals surface area contributed by atoms with Crippen molar-refractivity contribution in [3.05, 3.63) is 35.9 Å². The maximum Gasteiger partial charge on any atom is 0.166 e. The minimum Gasteiger partial charge on any atom is -0.396 e. The number of rotatable bonds is 3. The topological polar surface area (TPSA) is 61.3 Å². The average molecular weight is 215 g/mol. The molecule has 2 aromatic heterocycles. The Balaban J connectivity index is 2.67. The summed E-state index contributed by atoms with van der Waals surface area (Å²) in [6, 6.07) is 7.71. The summed E-state index contributed by atoms with van der Waals surface area (Å²) in [5, 5.41) is 18.3. The molecule has 0 spiro atoms. The predicted octanol–water partition coefficient (Wildman–Crippen LogP) is 1.69. The van der Waals surface area contributed by atoms with Gasteiger partial charge in [-0.15, -0.1) is 0 Å². The quantitative estimate of drug-likeness (QED) is 0.847. The van der Waals surface area contributed by atoms with Gasteiger partial charge in [0.2, 0.25) is 0 Å². The van der Waals surface area contributed by atoms with E-state index in [2.05, 4.69) is 11.1 Å². The van der Waals surface area contributed by atoms with Gasteiger partial charge in [0.1, 0.15) is 11.9 Å². The maximum absolute atomic E-state index is 9.28. The standard InChI is InChI=1S/C12H13N3O/c1-2-9(8-16)12-14-10(7-13)11-5-3-4-6-15(11)12/h3-6,9,16H,2,8H2,1H3. The molecule has 0 aliphatic carbocycles. The van der Waals surface area contributed by atoms with Crippen LogP contribution in [0.4, 0.5) is 0 Å². The van der Waals surface area contributed by atoms with Gasteiger partial charge in [-0.25, -0.2) is 4.98 Å². The minimum absolute atomic E-state index is 0.0167. The number of imidazole rings is 1. The van der Waals surface area contributed by atoms with Crippen LogP contribution in [0.3, 0.4) is 0 Å². The molecule has 2 aromatic rings. The molecule has 4 nitrogen and oxygen atoms in total. The SMILES string of the molecule is CCC(CO)c1nc(C#N)c2ccccn12. The third-order valence-corrected chi connectivity index (χ3v) is 2.76. The molecule has 1 unspecified atom stereocenters. The lowest BCUT2D eigenvalue weighted by molar-refractivity contribution is 0.257. The van der Waals surface area contributed by atoms with Crippen LogP contribution in [0.15, 0.2) is 24.4 Å². The van der Waals surface area contributed by atoms with Crippen molar-refractivity contribution in [2.24, 2.45) is 0 Å². The van der Waals surface area contributed by atoms with Crippen molar-refractivity contribution in [3.63, 3.8) is 0 Å². The zero-order valence-corrected chi connectivity index (χ0v) is 9.09. The highest BCUT2D eigenvalue weighted by Crippen LogP contribution is 2.21. The molecule has 0 bridgehead atoms. The van der Waals surface area contributed by atoms with Gasteiger partial charge in [0, 0.05) is 12.1 Å². The Morgan fingerprint density at radius 1 is 1.56 bits per heavy atom. The molecule has 0 saturated heterocycles. The van der Waals surface area contributed by atoms with Crippen LogP contribution in [-0.4, -0.2) is 21.1 Å². The molecule has 4 heteroatoms. The van der Waals surface area contributed by atoms with Gasteiger partial charge in [-0.3, -0.25) is 0 Å². The minimum atomic E-state index is -0.0167. The molecule has 2 rings (SSSR count). The fourth-order valence-electron chi connectivity index (χ4n) is 1.83. The van der Waals surface area contributed by atoms with Gasteiger partial charge >= 0.3 is 0 Å². The number of nitriles is 1. The van der Waals surface area contributed by atoms with E-state index in [1.807, 2.05) is 35.7 Å². The van der Waals surface area contributed by atoms with Gasteiger partial charge in [-0.2, -0.15) is 5.26 Å². The Morgan fingerprint density at radius 3 is 3.00 bits per heavy atom. The van der Waals surface area contributed by atoms with E-state index in [0.29, 0.717) is 5.69 Å². The zero-order chi connectivity index (χ0) is 11.5. The van der Waals surface area contributed by atoms with Gasteiger partial charge in [0.05, 0.1) is 12.1 Å². The highest BCUT2D eigenvalue weighted by molar-refractivity contribution is 5.58. The number of aromatic nitrogens is 2. The summed E-state index contributed by atoms with van der Waals surface area (Å²) in [7, 11) is 0. The molecule has 0 fully saturated rings. The van der Waals surface area contributed by atoms with E-state index in [0.717, 1.165) is 17.8 Å². The average Bonchev–Trinajstić information content (AvgIpc) is 2.70. The Labute approximate surface area is 93.8 Å². The summed E-state index contributed by atoms with van der Waals surface area (Å²) in [5.74, 6) is 0.745. The van der Waals surface area contributed by atoms with Crippen LogP contribution in [0.25, 0.3) is 5.52 Å². The summed E-state index contributed by atoms with van der Waals surface area (Å²) in [5.41, 5.74) is 1.22. The second-order valence-corrected chi connectivity index (χ2v) is 3.67. The van der Waals surface area contributed by atoms with Crippen LogP contribution in [0.5, 0.6) is 0 Å². The van der Waals surface area contributed by atoms with Crippen molar-refractivity contribution < 1.29 is 5.11 Å². The van der Waals surface area contributed by atoms with Crippen molar-refractivity contribution in [1.29, 1.82) is 5.26 Å². The molecule has 0 amide bonds. The second-order valence-electron chi connectivity index (χ2n) is 3.67. The molecule has 1 N–H and O–H groups in total. The number of hydrogen-bond acceptors (Lipinski definition) is 3. The summed E-state index contributed by atoms with van der Waals surface area (Å²) < 4.78 is 1.88. The van der Waals surface area contributed by atoms with Gasteiger partial charge in [0.25, 0.3) is 0 Å². The van der Waals surface area contributed by atoms with Crippen LogP contribution in [-0.2, 0) is 0 Å². The molecule has 82 valence electrons. The summed E-state index contributed by atoms with van der Waals surface area (Å²) >= 11 is 0. The van der Waals surface area contributed by atoms with Crippen molar-refractivity contribution in [2.75, 3.05) is 6.61 Å². The summed E-state index contributed by atoms with van der Waals surface area (Å²) in [4.78, 5) is 4.29. The fourth-order valence-corrected chi connectivity index (χ4v) is 1.83. The van der Waals surface area contributed by atoms with Gasteiger partial charge in [0.15, 0.2) is 5.69 Å². The van der Waals surface area contributed by atoms with Crippen LogP contribution in [0, 0.1) is 11.3 Å². The predicted molar refractivity (Wildman–Crippen MR) is 60.0 cm³/mol. The third kappa shape index (κ3) is 1.55. The first-order valence-electron chi connectivity index (χ1n) is 5.29. The Kier molecular flexibility index (Phi) is 2.88. The van der Waals surface area contributed by atoms with Crippen molar-refractivity contribution in [2.45, 2.75) is 19.3 Å². The molecule has 0 aromatic carbocycles. The summed E-state index contributed by atoms with van der Waals surface area (Å²) in [6.07, 6.45) is 2.67. The number of nitrogens with zero attached hydrogens (tertiary/aromatic N) is 3. The molecule has 16 heavy (non-hydrogen) atoms. The van der Waals surface area contributed by atoms with E-state index in [4.69, 9.17) is 5.26 Å². The molecule has 0 aliphatic heterocycles. The largest absolute Gasteiger partial charge is 0.396 e. The van der Waals surface area contributed by atoms with Gasteiger partial charge in [-0.05, 0) is 18.6 Å². The molecule has 2 heterocycles. The van der Waals surface area contributed by atoms with E-state index in [1.54, 1.807) is 0 Å². The molecule has 0 aliphatic rings. The van der Waals surface area contributed by atoms with Crippen molar-refractivity contribution >= 4 is 5.52 Å². The molecular formula is C12H13N3O. The number of aliphatic hydroxyl groups is 1. The Morgan fingerprint density at radius 2 is 2.38 bits per heavy atom. The lowest BCUT2D eigenvalue weighted by Gasteiger charge is -2.09. The Hall–Kier alpha value is -1.86. The van der Waals surface area contributed by atoms with Gasteiger partial charge < -0.3 is 9.51 Å². The summed E-state index contributed by atoms with van der Waals surface area (Å²) in [6.45, 7) is 2.05. The van der Waals surface area contributed by atoms with E-state index < -0.39 is 0 Å². The maximum atomic E-state index is 9.28. The van der Waals surface area contributed by atoms with Crippen LogP contribution < -0.4 is 0 Å². The van der Waals surface area contributed by atoms with E-state index in [1.165, 1.54) is 0 Å². The molecular weight excluding hydrogens is 202 g/mol. The second kappa shape index (κ2) is 4.33. The van der Waals surface area contributed by atoms with Crippen LogP contribution >= 0.6 is 0 Å². The number of fused-ring (bicyclic) bond motifs is 1. The third-order valence-electron chi connectivity index (χ3n) is 2.76. The number of pyridine rings is 1. The van der Waals surface area contributed by atoms with E-state index in [-0.39, 0.29) is 12.5 Å². The highest BCUT2D eigenvalue weighted by atomic mass is 16.3. The normalized spacial score (nSPS) is 12.6. The molecule has 0 radical (unpaired) electrons. The fraction of sp³-hybridized carbons (Fsp3) is 0.333. The van der Waals surface area contributed by atoms with E-state index >= 15 is 0 Å². The first-order valence-corrected chi connectivity index (χ1v) is 5.29. The number of aliphatic hydroxyl groups excluding tert-OH is 1. The zero-order valence-electron chi connectivity index (χ0n) is 9.09. The first-order chi connectivity index (χ1) is 7.81. The Bertz CT molecular complexity index is 535. The molecule has 0 saturated carbocycles. The van der Waals surface area contributed by atoms with Crippen molar-refractivity contribution in [1.82, 2.24) is 9.38 Å². The number of hydrogen-bond donors (Lipinski definition) is 1. The van der Waals surface area contributed by atoms with Crippen molar-refractivity contribution in [3.8, 4) is 6.07 Å². The highest BCUT2D eigenvalue weighted by Gasteiger charge is 2.17. The van der Waals surface area contributed by atoms with E-state index in [9.17, 15) is 5.11 Å². The van der Waals surface area contributed by atoms with Gasteiger partial charge in [-0.1, -0.05) is 13.0 Å².